The molecule has 1 aromatic carbocycles. The van der Waals surface area contributed by atoms with Crippen LogP contribution in [0.1, 0.15) is 12.0 Å². The second-order valence-electron chi connectivity index (χ2n) is 5.65. The zero-order valence-corrected chi connectivity index (χ0v) is 11.2. The molecule has 5 nitrogen and oxygen atoms in total. The van der Waals surface area contributed by atoms with Gasteiger partial charge in [-0.1, -0.05) is 18.2 Å². The number of hydrogen-bond donors (Lipinski definition) is 2. The number of carbonyl (C=O) groups is 2. The number of anilines is 1. The Labute approximate surface area is 117 Å². The van der Waals surface area contributed by atoms with Crippen molar-refractivity contribution in [1.82, 2.24) is 4.90 Å². The van der Waals surface area contributed by atoms with Crippen molar-refractivity contribution in [3.8, 4) is 0 Å². The van der Waals surface area contributed by atoms with Gasteiger partial charge in [-0.05, 0) is 18.1 Å². The smallest absolute Gasteiger partial charge is 0.303 e. The van der Waals surface area contributed by atoms with Gasteiger partial charge in [-0.3, -0.25) is 9.59 Å². The van der Waals surface area contributed by atoms with Crippen LogP contribution in [-0.4, -0.2) is 41.5 Å². The van der Waals surface area contributed by atoms with Gasteiger partial charge >= 0.3 is 5.97 Å². The lowest BCUT2D eigenvalue weighted by atomic mass is 9.89. The minimum atomic E-state index is -0.782. The molecule has 2 aliphatic heterocycles. The van der Waals surface area contributed by atoms with Gasteiger partial charge in [0.2, 0.25) is 5.91 Å². The van der Waals surface area contributed by atoms with Gasteiger partial charge in [0, 0.05) is 31.2 Å². The van der Waals surface area contributed by atoms with Crippen LogP contribution in [0.25, 0.3) is 0 Å². The molecular weight excluding hydrogens is 256 g/mol. The Kier molecular flexibility index (Phi) is 3.34. The molecule has 1 unspecified atom stereocenters. The third-order valence-corrected chi connectivity index (χ3v) is 4.10. The molecule has 1 aromatic rings. The largest absolute Gasteiger partial charge is 0.481 e. The lowest BCUT2D eigenvalue weighted by molar-refractivity contribution is -0.147. The average molecular weight is 274 g/mol. The van der Waals surface area contributed by atoms with Crippen LogP contribution >= 0.6 is 0 Å². The SMILES string of the molecule is O=C(O)CC1CN(C(=O)C2CNc3ccccc3C2)C1. The summed E-state index contributed by atoms with van der Waals surface area (Å²) in [7, 11) is 0. The summed E-state index contributed by atoms with van der Waals surface area (Å²) in [5, 5.41) is 12.0. The molecule has 0 radical (unpaired) electrons. The first-order valence-corrected chi connectivity index (χ1v) is 6.96. The van der Waals surface area contributed by atoms with Crippen molar-refractivity contribution >= 4 is 17.6 Å². The van der Waals surface area contributed by atoms with Gasteiger partial charge < -0.3 is 15.3 Å². The highest BCUT2D eigenvalue weighted by Crippen LogP contribution is 2.28. The fourth-order valence-corrected chi connectivity index (χ4v) is 3.00. The van der Waals surface area contributed by atoms with Crippen LogP contribution in [0.5, 0.6) is 0 Å². The van der Waals surface area contributed by atoms with Crippen LogP contribution in [-0.2, 0) is 16.0 Å². The lowest BCUT2D eigenvalue weighted by Gasteiger charge is -2.41. The van der Waals surface area contributed by atoms with Crippen molar-refractivity contribution < 1.29 is 14.7 Å². The minimum absolute atomic E-state index is 0.0318. The van der Waals surface area contributed by atoms with Gasteiger partial charge in [-0.25, -0.2) is 0 Å². The van der Waals surface area contributed by atoms with E-state index in [0.717, 1.165) is 12.1 Å². The number of benzene rings is 1. The molecule has 0 aromatic heterocycles. The summed E-state index contributed by atoms with van der Waals surface area (Å²) >= 11 is 0. The fourth-order valence-electron chi connectivity index (χ4n) is 3.00. The van der Waals surface area contributed by atoms with E-state index < -0.39 is 5.97 Å². The van der Waals surface area contributed by atoms with Gasteiger partial charge in [-0.15, -0.1) is 0 Å². The van der Waals surface area contributed by atoms with Gasteiger partial charge in [0.25, 0.3) is 0 Å². The number of nitrogens with one attached hydrogen (secondary N) is 1. The molecule has 1 atom stereocenters. The molecular formula is C15H18N2O3. The fraction of sp³-hybridized carbons (Fsp3) is 0.467. The first-order valence-electron chi connectivity index (χ1n) is 6.96. The number of rotatable bonds is 3. The molecule has 5 heteroatoms. The van der Waals surface area contributed by atoms with Gasteiger partial charge in [0.05, 0.1) is 12.3 Å². The Morgan fingerprint density at radius 1 is 1.30 bits per heavy atom. The van der Waals surface area contributed by atoms with E-state index in [4.69, 9.17) is 5.11 Å². The van der Waals surface area contributed by atoms with Crippen LogP contribution in [0, 0.1) is 11.8 Å². The maximum Gasteiger partial charge on any atom is 0.303 e. The van der Waals surface area contributed by atoms with Crippen molar-refractivity contribution in [2.75, 3.05) is 25.0 Å². The van der Waals surface area contributed by atoms with E-state index in [2.05, 4.69) is 5.32 Å². The molecule has 2 aliphatic rings. The van der Waals surface area contributed by atoms with Crippen LogP contribution in [0.2, 0.25) is 0 Å². The van der Waals surface area contributed by atoms with Gasteiger partial charge in [0.15, 0.2) is 0 Å². The summed E-state index contributed by atoms with van der Waals surface area (Å²) in [6, 6.07) is 8.05. The summed E-state index contributed by atoms with van der Waals surface area (Å²) in [5.74, 6) is -0.542. The molecule has 2 N–H and O–H groups in total. The number of carboxylic acids is 1. The van der Waals surface area contributed by atoms with E-state index in [0.29, 0.717) is 19.6 Å². The van der Waals surface area contributed by atoms with Crippen molar-refractivity contribution in [2.24, 2.45) is 11.8 Å². The zero-order chi connectivity index (χ0) is 14.1. The standard InChI is InChI=1S/C15H18N2O3/c18-14(19)5-10-8-17(9-10)15(20)12-6-11-3-1-2-4-13(11)16-7-12/h1-4,10,12,16H,5-9H2,(H,18,19). The van der Waals surface area contributed by atoms with Crippen molar-refractivity contribution in [3.05, 3.63) is 29.8 Å². The maximum absolute atomic E-state index is 12.4. The summed E-state index contributed by atoms with van der Waals surface area (Å²) < 4.78 is 0. The number of carbonyl (C=O) groups excluding carboxylic acids is 1. The molecule has 0 bridgehead atoms. The predicted molar refractivity (Wildman–Crippen MR) is 74.4 cm³/mol. The molecule has 1 saturated heterocycles. The van der Waals surface area contributed by atoms with Crippen molar-refractivity contribution in [2.45, 2.75) is 12.8 Å². The summed E-state index contributed by atoms with van der Waals surface area (Å²) in [6.45, 7) is 1.84. The van der Waals surface area contributed by atoms with E-state index in [9.17, 15) is 9.59 Å². The Balaban J connectivity index is 1.57. The maximum atomic E-state index is 12.4. The van der Waals surface area contributed by atoms with E-state index in [1.165, 1.54) is 5.56 Å². The number of fused-ring (bicyclic) bond motifs is 1. The van der Waals surface area contributed by atoms with Crippen LogP contribution in [0.4, 0.5) is 5.69 Å². The highest BCUT2D eigenvalue weighted by molar-refractivity contribution is 5.82. The number of carboxylic acid groups (broad SMARTS) is 1. The summed E-state index contributed by atoms with van der Waals surface area (Å²) in [5.41, 5.74) is 2.30. The Bertz CT molecular complexity index is 538. The topological polar surface area (TPSA) is 69.6 Å². The van der Waals surface area contributed by atoms with E-state index in [1.54, 1.807) is 4.90 Å². The molecule has 20 heavy (non-hydrogen) atoms. The number of amides is 1. The average Bonchev–Trinajstić information content (AvgIpc) is 2.41. The monoisotopic (exact) mass is 274 g/mol. The molecule has 1 fully saturated rings. The Hall–Kier alpha value is -2.04. The van der Waals surface area contributed by atoms with E-state index >= 15 is 0 Å². The Morgan fingerprint density at radius 2 is 2.05 bits per heavy atom. The lowest BCUT2D eigenvalue weighted by Crippen LogP contribution is -2.54. The highest BCUT2D eigenvalue weighted by atomic mass is 16.4. The second-order valence-corrected chi connectivity index (χ2v) is 5.65. The third-order valence-electron chi connectivity index (χ3n) is 4.10. The van der Waals surface area contributed by atoms with Crippen molar-refractivity contribution in [3.63, 3.8) is 0 Å². The normalized spacial score (nSPS) is 21.6. The zero-order valence-electron chi connectivity index (χ0n) is 11.2. The minimum Gasteiger partial charge on any atom is -0.481 e. The number of hydrogen-bond acceptors (Lipinski definition) is 3. The van der Waals surface area contributed by atoms with Gasteiger partial charge in [-0.2, -0.15) is 0 Å². The molecule has 106 valence electrons. The first kappa shape index (κ1) is 13.0. The van der Waals surface area contributed by atoms with Gasteiger partial charge in [0.1, 0.15) is 0 Å². The molecule has 1 amide bonds. The quantitative estimate of drug-likeness (QED) is 0.869. The van der Waals surface area contributed by atoms with E-state index in [1.807, 2.05) is 24.3 Å². The molecule has 0 aliphatic carbocycles. The van der Waals surface area contributed by atoms with Crippen LogP contribution in [0.3, 0.4) is 0 Å². The molecule has 0 spiro atoms. The van der Waals surface area contributed by atoms with E-state index in [-0.39, 0.29) is 24.2 Å². The first-order chi connectivity index (χ1) is 9.63. The summed E-state index contributed by atoms with van der Waals surface area (Å²) in [6.07, 6.45) is 0.928. The van der Waals surface area contributed by atoms with Crippen molar-refractivity contribution in [1.29, 1.82) is 0 Å². The predicted octanol–water partition coefficient (Wildman–Crippen LogP) is 1.20. The Morgan fingerprint density at radius 3 is 2.80 bits per heavy atom. The molecule has 2 heterocycles. The number of likely N-dealkylation sites (tertiary alicyclic amines) is 1. The molecule has 0 saturated carbocycles. The van der Waals surface area contributed by atoms with Crippen LogP contribution in [0.15, 0.2) is 24.3 Å². The van der Waals surface area contributed by atoms with Crippen LogP contribution < -0.4 is 5.32 Å². The number of nitrogens with zero attached hydrogens (tertiary/aromatic N) is 1. The summed E-state index contributed by atoms with van der Waals surface area (Å²) in [4.78, 5) is 24.8. The second kappa shape index (κ2) is 5.15. The molecule has 3 rings (SSSR count). The third kappa shape index (κ3) is 2.48. The number of para-hydroxylation sites is 1. The number of aliphatic carboxylic acids is 1. The highest BCUT2D eigenvalue weighted by Gasteiger charge is 2.36.